The quantitative estimate of drug-likeness (QED) is 0.553. The van der Waals surface area contributed by atoms with E-state index in [4.69, 9.17) is 9.47 Å². The molecule has 4 heteroatoms. The zero-order valence-corrected chi connectivity index (χ0v) is 12.4. The van der Waals surface area contributed by atoms with Crippen molar-refractivity contribution in [2.24, 2.45) is 0 Å². The van der Waals surface area contributed by atoms with E-state index >= 15 is 0 Å². The highest BCUT2D eigenvalue weighted by Crippen LogP contribution is 2.24. The minimum Gasteiger partial charge on any atom is -0.379 e. The van der Waals surface area contributed by atoms with E-state index in [9.17, 15) is 5.26 Å². The van der Waals surface area contributed by atoms with E-state index in [-0.39, 0.29) is 5.54 Å². The van der Waals surface area contributed by atoms with Crippen molar-refractivity contribution in [3.05, 3.63) is 0 Å². The number of nitrogens with one attached hydrogen (secondary N) is 1. The number of hydrogen-bond acceptors (Lipinski definition) is 4. The maximum Gasteiger partial charge on any atom is 0.104 e. The van der Waals surface area contributed by atoms with E-state index in [1.165, 1.54) is 12.8 Å². The molecule has 1 rings (SSSR count). The maximum absolute atomic E-state index is 9.22. The van der Waals surface area contributed by atoms with Crippen molar-refractivity contribution in [3.8, 4) is 6.07 Å². The summed E-state index contributed by atoms with van der Waals surface area (Å²) in [7, 11) is 0. The Kier molecular flexibility index (Phi) is 8.04. The predicted octanol–water partition coefficient (Wildman–Crippen LogP) is 2.63. The summed E-state index contributed by atoms with van der Waals surface area (Å²) in [6, 6.07) is 2.98. The minimum atomic E-state index is -0.356. The van der Waals surface area contributed by atoms with Gasteiger partial charge in [0.1, 0.15) is 5.54 Å². The van der Waals surface area contributed by atoms with Gasteiger partial charge in [0, 0.05) is 19.3 Å². The second-order valence-corrected chi connectivity index (χ2v) is 5.54. The molecule has 0 aliphatic heterocycles. The molecule has 19 heavy (non-hydrogen) atoms. The Morgan fingerprint density at radius 3 is 2.42 bits per heavy atom. The Hall–Kier alpha value is -0.630. The van der Waals surface area contributed by atoms with E-state index in [0.717, 1.165) is 38.9 Å². The number of hydrogen-bond donors (Lipinski definition) is 1. The van der Waals surface area contributed by atoms with Gasteiger partial charge in [0.05, 0.1) is 19.3 Å². The Bertz CT molecular complexity index is 274. The van der Waals surface area contributed by atoms with Crippen LogP contribution in [0.4, 0.5) is 0 Å². The molecule has 1 fully saturated rings. The van der Waals surface area contributed by atoms with Crippen LogP contribution in [0.3, 0.4) is 0 Å². The van der Waals surface area contributed by atoms with Gasteiger partial charge in [0.15, 0.2) is 0 Å². The molecule has 1 saturated carbocycles. The standard InChI is InChI=1S/C15H28N2O2/c1-3-9-18-11-12-19-10-5-4-8-15(2,13-16)17-14-6-7-14/h14,17H,3-12H2,1-2H3. The Morgan fingerprint density at radius 2 is 1.84 bits per heavy atom. The van der Waals surface area contributed by atoms with Gasteiger partial charge in [0.25, 0.3) is 0 Å². The summed E-state index contributed by atoms with van der Waals surface area (Å²) in [5.41, 5.74) is -0.356. The molecule has 0 heterocycles. The first kappa shape index (κ1) is 16.4. The molecule has 110 valence electrons. The van der Waals surface area contributed by atoms with Crippen LogP contribution in [0.1, 0.15) is 52.4 Å². The highest BCUT2D eigenvalue weighted by Gasteiger charge is 2.31. The third-order valence-electron chi connectivity index (χ3n) is 3.28. The van der Waals surface area contributed by atoms with Crippen LogP contribution >= 0.6 is 0 Å². The number of unbranched alkanes of at least 4 members (excludes halogenated alkanes) is 1. The zero-order valence-electron chi connectivity index (χ0n) is 12.4. The lowest BCUT2D eigenvalue weighted by atomic mass is 9.96. The second kappa shape index (κ2) is 9.30. The van der Waals surface area contributed by atoms with Gasteiger partial charge in [-0.2, -0.15) is 5.26 Å². The number of nitrogens with zero attached hydrogens (tertiary/aromatic N) is 1. The van der Waals surface area contributed by atoms with Crippen molar-refractivity contribution in [3.63, 3.8) is 0 Å². The fraction of sp³-hybridized carbons (Fsp3) is 0.933. The Labute approximate surface area is 117 Å². The Balaban J connectivity index is 1.92. The molecule has 1 aliphatic rings. The van der Waals surface area contributed by atoms with Gasteiger partial charge >= 0.3 is 0 Å². The van der Waals surface area contributed by atoms with Crippen molar-refractivity contribution < 1.29 is 9.47 Å². The minimum absolute atomic E-state index is 0.356. The second-order valence-electron chi connectivity index (χ2n) is 5.54. The lowest BCUT2D eigenvalue weighted by Crippen LogP contribution is -2.42. The highest BCUT2D eigenvalue weighted by atomic mass is 16.5. The fourth-order valence-electron chi connectivity index (χ4n) is 1.99. The summed E-state index contributed by atoms with van der Waals surface area (Å²) < 4.78 is 10.8. The van der Waals surface area contributed by atoms with Crippen molar-refractivity contribution >= 4 is 0 Å². The SMILES string of the molecule is CCCOCCOCCCCC(C)(C#N)NC1CC1. The highest BCUT2D eigenvalue weighted by molar-refractivity contribution is 5.06. The summed E-state index contributed by atoms with van der Waals surface area (Å²) in [6.45, 7) is 7.05. The third-order valence-corrected chi connectivity index (χ3v) is 3.28. The molecule has 0 saturated heterocycles. The van der Waals surface area contributed by atoms with Gasteiger partial charge < -0.3 is 9.47 Å². The van der Waals surface area contributed by atoms with Crippen LogP contribution in [0.2, 0.25) is 0 Å². The van der Waals surface area contributed by atoms with E-state index in [0.29, 0.717) is 19.3 Å². The molecule has 0 aromatic rings. The first-order valence-corrected chi connectivity index (χ1v) is 7.54. The van der Waals surface area contributed by atoms with Gasteiger partial charge in [0.2, 0.25) is 0 Å². The molecule has 0 amide bonds. The van der Waals surface area contributed by atoms with Gasteiger partial charge in [-0.25, -0.2) is 0 Å². The van der Waals surface area contributed by atoms with Crippen LogP contribution < -0.4 is 5.32 Å². The molecule has 0 radical (unpaired) electrons. The number of ether oxygens (including phenoxy) is 2. The van der Waals surface area contributed by atoms with Crippen molar-refractivity contribution in [2.75, 3.05) is 26.4 Å². The first-order chi connectivity index (χ1) is 9.20. The maximum atomic E-state index is 9.22. The zero-order chi connectivity index (χ0) is 14.0. The summed E-state index contributed by atoms with van der Waals surface area (Å²) >= 11 is 0. The monoisotopic (exact) mass is 268 g/mol. The van der Waals surface area contributed by atoms with E-state index in [1.807, 2.05) is 6.92 Å². The average molecular weight is 268 g/mol. The predicted molar refractivity (Wildman–Crippen MR) is 76.0 cm³/mol. The van der Waals surface area contributed by atoms with Crippen LogP contribution in [0, 0.1) is 11.3 Å². The first-order valence-electron chi connectivity index (χ1n) is 7.54. The van der Waals surface area contributed by atoms with Crippen LogP contribution in [0.15, 0.2) is 0 Å². The molecule has 1 atom stereocenters. The summed E-state index contributed by atoms with van der Waals surface area (Å²) in [4.78, 5) is 0. The lowest BCUT2D eigenvalue weighted by molar-refractivity contribution is 0.0462. The topological polar surface area (TPSA) is 54.3 Å². The van der Waals surface area contributed by atoms with Gasteiger partial charge in [-0.05, 0) is 45.4 Å². The van der Waals surface area contributed by atoms with Gasteiger partial charge in [-0.3, -0.25) is 5.32 Å². The number of nitriles is 1. The largest absolute Gasteiger partial charge is 0.379 e. The van der Waals surface area contributed by atoms with E-state index < -0.39 is 0 Å². The molecule has 1 N–H and O–H groups in total. The van der Waals surface area contributed by atoms with Crippen molar-refractivity contribution in [1.29, 1.82) is 5.26 Å². The normalized spacial score (nSPS) is 17.9. The average Bonchev–Trinajstić information content (AvgIpc) is 3.20. The van der Waals surface area contributed by atoms with Crippen LogP contribution in [0.5, 0.6) is 0 Å². The van der Waals surface area contributed by atoms with Crippen LogP contribution in [0.25, 0.3) is 0 Å². The molecule has 1 unspecified atom stereocenters. The van der Waals surface area contributed by atoms with Crippen LogP contribution in [-0.2, 0) is 9.47 Å². The fourth-order valence-corrected chi connectivity index (χ4v) is 1.99. The number of rotatable bonds is 12. The molecule has 0 spiro atoms. The van der Waals surface area contributed by atoms with Crippen LogP contribution in [-0.4, -0.2) is 38.0 Å². The third kappa shape index (κ3) is 8.20. The van der Waals surface area contributed by atoms with E-state index in [2.05, 4.69) is 18.3 Å². The van der Waals surface area contributed by atoms with Gasteiger partial charge in [-0.1, -0.05) is 6.92 Å². The Morgan fingerprint density at radius 1 is 1.16 bits per heavy atom. The van der Waals surface area contributed by atoms with Crippen molar-refractivity contribution in [1.82, 2.24) is 5.32 Å². The van der Waals surface area contributed by atoms with E-state index in [1.54, 1.807) is 0 Å². The molecule has 0 aromatic carbocycles. The molecule has 1 aliphatic carbocycles. The molecular formula is C15H28N2O2. The summed E-state index contributed by atoms with van der Waals surface area (Å²) in [6.07, 6.45) is 6.43. The van der Waals surface area contributed by atoms with Crippen molar-refractivity contribution in [2.45, 2.75) is 64.0 Å². The molecule has 0 aromatic heterocycles. The molecule has 4 nitrogen and oxygen atoms in total. The molecular weight excluding hydrogens is 240 g/mol. The lowest BCUT2D eigenvalue weighted by Gasteiger charge is -2.23. The summed E-state index contributed by atoms with van der Waals surface area (Å²) in [5.74, 6) is 0. The summed E-state index contributed by atoms with van der Waals surface area (Å²) in [5, 5.41) is 12.6. The smallest absolute Gasteiger partial charge is 0.104 e. The molecule has 0 bridgehead atoms. The van der Waals surface area contributed by atoms with Gasteiger partial charge in [-0.15, -0.1) is 0 Å².